The third kappa shape index (κ3) is 5.66. The fourth-order valence-corrected chi connectivity index (χ4v) is 10.7. The fourth-order valence-electron chi connectivity index (χ4n) is 8.01. The van der Waals surface area contributed by atoms with Gasteiger partial charge in [-0.15, -0.1) is 0 Å². The lowest BCUT2D eigenvalue weighted by atomic mass is 9.85. The highest BCUT2D eigenvalue weighted by Crippen LogP contribution is 2.48. The Morgan fingerprint density at radius 3 is 1.77 bits per heavy atom. The van der Waals surface area contributed by atoms with Crippen LogP contribution in [0.4, 0.5) is 0 Å². The third-order valence-electron chi connectivity index (χ3n) is 10.00. The van der Waals surface area contributed by atoms with Crippen molar-refractivity contribution in [1.82, 2.24) is 0 Å². The van der Waals surface area contributed by atoms with Crippen LogP contribution in [0.15, 0.2) is 35.2 Å². The van der Waals surface area contributed by atoms with E-state index in [4.69, 9.17) is 4.18 Å². The SMILES string of the molecule is O=S(=O)(OC(c1cccc2c1CCCC2)S(=O)(=O)[O-])c1c(C2CCCC2)cc(C2CCCC2)cc1C1CCCC1. The second-order valence-electron chi connectivity index (χ2n) is 12.5. The van der Waals surface area contributed by atoms with Gasteiger partial charge in [-0.25, -0.2) is 12.6 Å². The molecule has 0 bridgehead atoms. The lowest BCUT2D eigenvalue weighted by Crippen LogP contribution is -2.24. The van der Waals surface area contributed by atoms with E-state index in [0.29, 0.717) is 12.3 Å². The van der Waals surface area contributed by atoms with Gasteiger partial charge in [0.2, 0.25) is 0 Å². The molecule has 1 unspecified atom stereocenters. The summed E-state index contributed by atoms with van der Waals surface area (Å²) in [5.41, 5.74) is 2.62. The molecule has 218 valence electrons. The van der Waals surface area contributed by atoms with Crippen molar-refractivity contribution < 1.29 is 25.6 Å². The quantitative estimate of drug-likeness (QED) is 0.235. The summed E-state index contributed by atoms with van der Waals surface area (Å²) in [6.07, 6.45) is 15.7. The Kier molecular flexibility index (Phi) is 8.16. The summed E-state index contributed by atoms with van der Waals surface area (Å²) in [5.74, 6) is 0.631. The molecule has 0 saturated heterocycles. The zero-order valence-electron chi connectivity index (χ0n) is 23.3. The number of fused-ring (bicyclic) bond motifs is 1. The predicted molar refractivity (Wildman–Crippen MR) is 154 cm³/mol. The molecule has 3 saturated carbocycles. The Bertz CT molecular complexity index is 1410. The molecule has 4 aliphatic rings. The molecule has 1 atom stereocenters. The summed E-state index contributed by atoms with van der Waals surface area (Å²) < 4.78 is 72.5. The van der Waals surface area contributed by atoms with Crippen LogP contribution in [0, 0.1) is 0 Å². The summed E-state index contributed by atoms with van der Waals surface area (Å²) in [4.78, 5) is 0.159. The van der Waals surface area contributed by atoms with Crippen molar-refractivity contribution in [2.75, 3.05) is 0 Å². The standard InChI is InChI=1S/C32H42O6S2/c33-39(34,35)32(28-19-9-17-23-12-7-8-18-27(23)28)38-40(36,37)31-29(24-13-3-4-14-24)20-26(22-10-1-2-11-22)21-30(31)25-15-5-6-16-25/h9,17,19-22,24-25,32H,1-8,10-16,18H2,(H,33,34,35)/p-1. The van der Waals surface area contributed by atoms with Gasteiger partial charge in [-0.1, -0.05) is 68.9 Å². The fraction of sp³-hybridized carbons (Fsp3) is 0.625. The summed E-state index contributed by atoms with van der Waals surface area (Å²) in [7, 11) is -9.70. The normalized spacial score (nSPS) is 22.1. The van der Waals surface area contributed by atoms with Gasteiger partial charge in [-0.3, -0.25) is 0 Å². The van der Waals surface area contributed by atoms with Crippen LogP contribution in [0.3, 0.4) is 0 Å². The van der Waals surface area contributed by atoms with Crippen LogP contribution in [0.25, 0.3) is 0 Å². The molecule has 0 radical (unpaired) electrons. The predicted octanol–water partition coefficient (Wildman–Crippen LogP) is 7.49. The van der Waals surface area contributed by atoms with Crippen molar-refractivity contribution >= 4 is 20.2 Å². The zero-order valence-corrected chi connectivity index (χ0v) is 24.9. The molecule has 6 nitrogen and oxygen atoms in total. The first-order valence-corrected chi connectivity index (χ1v) is 18.3. The molecule has 0 aromatic heterocycles. The first-order chi connectivity index (χ1) is 19.2. The Morgan fingerprint density at radius 1 is 0.700 bits per heavy atom. The van der Waals surface area contributed by atoms with E-state index < -0.39 is 25.7 Å². The molecule has 0 spiro atoms. The van der Waals surface area contributed by atoms with Crippen molar-refractivity contribution in [1.29, 1.82) is 0 Å². The molecular weight excluding hydrogens is 544 g/mol. The van der Waals surface area contributed by atoms with Gasteiger partial charge in [-0.05, 0) is 115 Å². The summed E-state index contributed by atoms with van der Waals surface area (Å²) in [6, 6.07) is 9.40. The zero-order chi connectivity index (χ0) is 27.9. The van der Waals surface area contributed by atoms with E-state index in [-0.39, 0.29) is 22.3 Å². The van der Waals surface area contributed by atoms with E-state index in [1.807, 2.05) is 6.07 Å². The molecule has 0 heterocycles. The lowest BCUT2D eigenvalue weighted by Gasteiger charge is -2.29. The minimum atomic E-state index is -5.13. The first kappa shape index (κ1) is 28.4. The van der Waals surface area contributed by atoms with Crippen LogP contribution < -0.4 is 0 Å². The number of aryl methyl sites for hydroxylation is 1. The largest absolute Gasteiger partial charge is 0.746 e. The van der Waals surface area contributed by atoms with Gasteiger partial charge >= 0.3 is 0 Å². The number of benzene rings is 2. The summed E-state index contributed by atoms with van der Waals surface area (Å²) >= 11 is 0. The molecule has 4 aliphatic carbocycles. The maximum Gasteiger partial charge on any atom is 0.299 e. The van der Waals surface area contributed by atoms with Crippen molar-refractivity contribution in [2.45, 2.75) is 131 Å². The number of rotatable bonds is 8. The highest BCUT2D eigenvalue weighted by molar-refractivity contribution is 7.89. The van der Waals surface area contributed by atoms with Crippen molar-refractivity contribution in [2.24, 2.45) is 0 Å². The lowest BCUT2D eigenvalue weighted by molar-refractivity contribution is 0.261. The first-order valence-electron chi connectivity index (χ1n) is 15.4. The van der Waals surface area contributed by atoms with E-state index in [9.17, 15) is 21.4 Å². The van der Waals surface area contributed by atoms with Gasteiger partial charge in [0, 0.05) is 0 Å². The van der Waals surface area contributed by atoms with Crippen molar-refractivity contribution in [3.05, 3.63) is 63.7 Å². The van der Waals surface area contributed by atoms with E-state index in [0.717, 1.165) is 106 Å². The molecule has 2 aromatic rings. The van der Waals surface area contributed by atoms with Gasteiger partial charge in [-0.2, -0.15) is 8.42 Å². The molecule has 8 heteroatoms. The molecule has 3 fully saturated rings. The van der Waals surface area contributed by atoms with E-state index >= 15 is 0 Å². The van der Waals surface area contributed by atoms with Crippen LogP contribution in [0.2, 0.25) is 0 Å². The van der Waals surface area contributed by atoms with Crippen LogP contribution in [-0.4, -0.2) is 21.4 Å². The summed E-state index contributed by atoms with van der Waals surface area (Å²) in [5, 5.41) is 0. The third-order valence-corrected chi connectivity index (χ3v) is 12.4. The van der Waals surface area contributed by atoms with E-state index in [1.165, 1.54) is 18.4 Å². The van der Waals surface area contributed by atoms with Gasteiger partial charge in [0.15, 0.2) is 5.44 Å². The van der Waals surface area contributed by atoms with Crippen LogP contribution in [0.1, 0.15) is 146 Å². The van der Waals surface area contributed by atoms with E-state index in [1.54, 1.807) is 12.1 Å². The average molecular weight is 586 g/mol. The molecule has 0 N–H and O–H groups in total. The number of hydrogen-bond donors (Lipinski definition) is 0. The van der Waals surface area contributed by atoms with Crippen LogP contribution in [0.5, 0.6) is 0 Å². The van der Waals surface area contributed by atoms with Gasteiger partial charge in [0.1, 0.15) is 15.0 Å². The monoisotopic (exact) mass is 585 g/mol. The van der Waals surface area contributed by atoms with Crippen molar-refractivity contribution in [3.8, 4) is 0 Å². The second kappa shape index (κ2) is 11.5. The highest BCUT2D eigenvalue weighted by atomic mass is 32.2. The smallest absolute Gasteiger partial charge is 0.299 e. The second-order valence-corrected chi connectivity index (χ2v) is 15.5. The van der Waals surface area contributed by atoms with E-state index in [2.05, 4.69) is 12.1 Å². The average Bonchev–Trinajstić information content (AvgIpc) is 3.74. The highest BCUT2D eigenvalue weighted by Gasteiger charge is 2.38. The molecule has 0 amide bonds. The Balaban J connectivity index is 1.50. The Hall–Kier alpha value is -1.74. The molecule has 40 heavy (non-hydrogen) atoms. The topological polar surface area (TPSA) is 101 Å². The van der Waals surface area contributed by atoms with Crippen LogP contribution >= 0.6 is 0 Å². The molecular formula is C32H41O6S2-. The van der Waals surface area contributed by atoms with Gasteiger partial charge in [0.05, 0.1) is 0 Å². The Labute approximate surface area is 239 Å². The minimum absolute atomic E-state index is 0.0988. The maximum absolute atomic E-state index is 14.4. The summed E-state index contributed by atoms with van der Waals surface area (Å²) in [6.45, 7) is 0. The molecule has 0 aliphatic heterocycles. The number of hydrogen-bond acceptors (Lipinski definition) is 6. The van der Waals surface area contributed by atoms with Gasteiger partial charge in [0.25, 0.3) is 10.1 Å². The maximum atomic E-state index is 14.4. The van der Waals surface area contributed by atoms with Crippen LogP contribution in [-0.2, 0) is 37.3 Å². The Morgan fingerprint density at radius 2 is 1.23 bits per heavy atom. The van der Waals surface area contributed by atoms with Crippen molar-refractivity contribution in [3.63, 3.8) is 0 Å². The molecule has 2 aromatic carbocycles. The van der Waals surface area contributed by atoms with Gasteiger partial charge < -0.3 is 4.55 Å². The minimum Gasteiger partial charge on any atom is -0.746 e. The molecule has 6 rings (SSSR count).